The van der Waals surface area contributed by atoms with Gasteiger partial charge in [-0.15, -0.1) is 13.2 Å². The summed E-state index contributed by atoms with van der Waals surface area (Å²) >= 11 is 1.63. The van der Waals surface area contributed by atoms with Gasteiger partial charge in [-0.3, -0.25) is 0 Å². The van der Waals surface area contributed by atoms with Crippen molar-refractivity contribution >= 4 is 11.8 Å². The third-order valence-electron chi connectivity index (χ3n) is 2.63. The second-order valence-corrected chi connectivity index (χ2v) is 5.01. The third-order valence-corrected chi connectivity index (χ3v) is 3.80. The minimum atomic E-state index is -4.68. The van der Waals surface area contributed by atoms with Crippen molar-refractivity contribution in [2.75, 3.05) is 11.5 Å². The van der Waals surface area contributed by atoms with E-state index in [2.05, 4.69) is 4.74 Å². The maximum atomic E-state index is 11.9. The summed E-state index contributed by atoms with van der Waals surface area (Å²) in [5.74, 6) is 1.17. The summed E-state index contributed by atoms with van der Waals surface area (Å²) in [6.45, 7) is 0. The summed E-state index contributed by atoms with van der Waals surface area (Å²) in [6.07, 6.45) is -4.06. The Morgan fingerprint density at radius 1 is 1.24 bits per heavy atom. The van der Waals surface area contributed by atoms with Crippen molar-refractivity contribution in [2.24, 2.45) is 0 Å². The number of aliphatic hydroxyl groups is 1. The molecular formula is C11H11F3O2S. The van der Waals surface area contributed by atoms with Gasteiger partial charge >= 0.3 is 6.36 Å². The van der Waals surface area contributed by atoms with Crippen LogP contribution in [-0.2, 0) is 5.60 Å². The molecule has 1 unspecified atom stereocenters. The van der Waals surface area contributed by atoms with Crippen LogP contribution in [0.5, 0.6) is 5.75 Å². The molecule has 1 N–H and O–H groups in total. The van der Waals surface area contributed by atoms with Crippen LogP contribution in [0.3, 0.4) is 0 Å². The van der Waals surface area contributed by atoms with E-state index in [-0.39, 0.29) is 5.75 Å². The summed E-state index contributed by atoms with van der Waals surface area (Å²) in [6, 6.07) is 5.41. The van der Waals surface area contributed by atoms with Crippen molar-refractivity contribution in [3.63, 3.8) is 0 Å². The van der Waals surface area contributed by atoms with Gasteiger partial charge in [-0.25, -0.2) is 0 Å². The van der Waals surface area contributed by atoms with Crippen molar-refractivity contribution in [1.29, 1.82) is 0 Å². The number of thioether (sulfide) groups is 1. The normalized spacial score (nSPS) is 24.9. The highest BCUT2D eigenvalue weighted by Crippen LogP contribution is 2.37. The number of benzene rings is 1. The van der Waals surface area contributed by atoms with Crippen molar-refractivity contribution in [3.8, 4) is 5.75 Å². The van der Waals surface area contributed by atoms with Gasteiger partial charge in [0.25, 0.3) is 0 Å². The van der Waals surface area contributed by atoms with E-state index in [4.69, 9.17) is 0 Å². The largest absolute Gasteiger partial charge is 0.573 e. The number of hydrogen-bond donors (Lipinski definition) is 1. The molecule has 2 rings (SSSR count). The lowest BCUT2D eigenvalue weighted by molar-refractivity contribution is -0.274. The molecule has 1 aliphatic rings. The van der Waals surface area contributed by atoms with Crippen LogP contribution in [0.1, 0.15) is 12.0 Å². The molecule has 94 valence electrons. The first-order valence-corrected chi connectivity index (χ1v) is 6.21. The topological polar surface area (TPSA) is 29.5 Å². The first kappa shape index (κ1) is 12.6. The molecule has 0 amide bonds. The summed E-state index contributed by atoms with van der Waals surface area (Å²) in [4.78, 5) is 0. The predicted octanol–water partition coefficient (Wildman–Crippen LogP) is 2.91. The predicted molar refractivity (Wildman–Crippen MR) is 59.0 cm³/mol. The zero-order chi connectivity index (χ0) is 12.5. The van der Waals surface area contributed by atoms with Crippen molar-refractivity contribution in [3.05, 3.63) is 29.8 Å². The van der Waals surface area contributed by atoms with Gasteiger partial charge in [0, 0.05) is 5.75 Å². The Labute approximate surface area is 101 Å². The molecule has 0 spiro atoms. The highest BCUT2D eigenvalue weighted by atomic mass is 32.2. The van der Waals surface area contributed by atoms with Crippen LogP contribution in [0.4, 0.5) is 13.2 Å². The van der Waals surface area contributed by atoms with E-state index in [1.54, 1.807) is 11.8 Å². The Balaban J connectivity index is 2.13. The molecule has 0 aromatic heterocycles. The molecule has 1 saturated heterocycles. The number of hydrogen-bond acceptors (Lipinski definition) is 3. The Kier molecular flexibility index (Phi) is 3.27. The molecule has 17 heavy (non-hydrogen) atoms. The molecule has 1 heterocycles. The lowest BCUT2D eigenvalue weighted by Crippen LogP contribution is -2.24. The van der Waals surface area contributed by atoms with E-state index >= 15 is 0 Å². The van der Waals surface area contributed by atoms with Gasteiger partial charge < -0.3 is 9.84 Å². The maximum Gasteiger partial charge on any atom is 0.573 e. The van der Waals surface area contributed by atoms with Gasteiger partial charge in [0.2, 0.25) is 0 Å². The zero-order valence-corrected chi connectivity index (χ0v) is 9.64. The SMILES string of the molecule is OC1(c2ccc(OC(F)(F)F)cc2)CCSC1. The third kappa shape index (κ3) is 3.07. The second-order valence-electron chi connectivity index (χ2n) is 3.91. The number of ether oxygens (including phenoxy) is 1. The standard InChI is InChI=1S/C11H11F3O2S/c12-11(13,14)16-9-3-1-8(2-4-9)10(15)5-6-17-7-10/h1-4,15H,5-7H2. The molecule has 0 saturated carbocycles. The van der Waals surface area contributed by atoms with Gasteiger partial charge in [0.05, 0.1) is 5.60 Å². The summed E-state index contributed by atoms with van der Waals surface area (Å²) in [7, 11) is 0. The van der Waals surface area contributed by atoms with E-state index in [9.17, 15) is 18.3 Å². The van der Waals surface area contributed by atoms with Crippen molar-refractivity contribution < 1.29 is 23.0 Å². The molecule has 0 radical (unpaired) electrons. The van der Waals surface area contributed by atoms with E-state index in [1.807, 2.05) is 0 Å². The van der Waals surface area contributed by atoms with E-state index in [0.29, 0.717) is 17.7 Å². The van der Waals surface area contributed by atoms with Crippen LogP contribution >= 0.6 is 11.8 Å². The molecule has 6 heteroatoms. The van der Waals surface area contributed by atoms with E-state index < -0.39 is 12.0 Å². The first-order chi connectivity index (χ1) is 7.89. The Morgan fingerprint density at radius 2 is 1.88 bits per heavy atom. The molecule has 1 aromatic carbocycles. The van der Waals surface area contributed by atoms with Crippen LogP contribution in [0.2, 0.25) is 0 Å². The lowest BCUT2D eigenvalue weighted by Gasteiger charge is -2.22. The number of halogens is 3. The molecule has 1 aliphatic heterocycles. The minimum Gasteiger partial charge on any atom is -0.406 e. The number of rotatable bonds is 2. The maximum absolute atomic E-state index is 11.9. The molecule has 2 nitrogen and oxygen atoms in total. The van der Waals surface area contributed by atoms with Gasteiger partial charge in [-0.1, -0.05) is 12.1 Å². The lowest BCUT2D eigenvalue weighted by atomic mass is 9.93. The molecule has 1 fully saturated rings. The Morgan fingerprint density at radius 3 is 2.35 bits per heavy atom. The smallest absolute Gasteiger partial charge is 0.406 e. The quantitative estimate of drug-likeness (QED) is 0.890. The second kappa shape index (κ2) is 4.42. The minimum absolute atomic E-state index is 0.268. The highest BCUT2D eigenvalue weighted by Gasteiger charge is 2.34. The average Bonchev–Trinajstić information content (AvgIpc) is 2.65. The van der Waals surface area contributed by atoms with Crippen LogP contribution in [0, 0.1) is 0 Å². The van der Waals surface area contributed by atoms with E-state index in [0.717, 1.165) is 5.75 Å². The van der Waals surface area contributed by atoms with Crippen LogP contribution in [-0.4, -0.2) is 23.0 Å². The molecule has 0 bridgehead atoms. The summed E-state index contributed by atoms with van der Waals surface area (Å²) in [5, 5.41) is 10.2. The van der Waals surface area contributed by atoms with E-state index in [1.165, 1.54) is 24.3 Å². The molecule has 1 atom stereocenters. The van der Waals surface area contributed by atoms with Crippen molar-refractivity contribution in [1.82, 2.24) is 0 Å². The summed E-state index contributed by atoms with van der Waals surface area (Å²) in [5.41, 5.74) is -0.279. The van der Waals surface area contributed by atoms with Gasteiger partial charge in [0.1, 0.15) is 5.75 Å². The van der Waals surface area contributed by atoms with Gasteiger partial charge in [-0.05, 0) is 29.9 Å². The highest BCUT2D eigenvalue weighted by molar-refractivity contribution is 7.99. The summed E-state index contributed by atoms with van der Waals surface area (Å²) < 4.78 is 39.6. The van der Waals surface area contributed by atoms with Gasteiger partial charge in [-0.2, -0.15) is 11.8 Å². The monoisotopic (exact) mass is 264 g/mol. The molecular weight excluding hydrogens is 253 g/mol. The fourth-order valence-electron chi connectivity index (χ4n) is 1.75. The zero-order valence-electron chi connectivity index (χ0n) is 8.83. The van der Waals surface area contributed by atoms with Gasteiger partial charge in [0.15, 0.2) is 0 Å². The fraction of sp³-hybridized carbons (Fsp3) is 0.455. The average molecular weight is 264 g/mol. The van der Waals surface area contributed by atoms with Crippen LogP contribution < -0.4 is 4.74 Å². The first-order valence-electron chi connectivity index (χ1n) is 5.05. The molecule has 1 aromatic rings. The Bertz CT molecular complexity index is 383. The molecule has 0 aliphatic carbocycles. The van der Waals surface area contributed by atoms with Crippen LogP contribution in [0.25, 0.3) is 0 Å². The number of alkyl halides is 3. The van der Waals surface area contributed by atoms with Crippen LogP contribution in [0.15, 0.2) is 24.3 Å². The Hall–Kier alpha value is -0.880. The van der Waals surface area contributed by atoms with Crippen molar-refractivity contribution in [2.45, 2.75) is 18.4 Å². The fourth-order valence-corrected chi connectivity index (χ4v) is 3.02.